The number of piperidine rings is 1. The van der Waals surface area contributed by atoms with Crippen LogP contribution in [0, 0.1) is 24.2 Å². The fourth-order valence-corrected chi connectivity index (χ4v) is 2.58. The van der Waals surface area contributed by atoms with Gasteiger partial charge in [0, 0.05) is 26.4 Å². The van der Waals surface area contributed by atoms with Crippen LogP contribution in [0.25, 0.3) is 11.1 Å². The van der Waals surface area contributed by atoms with Gasteiger partial charge in [0.1, 0.15) is 5.52 Å². The third-order valence-corrected chi connectivity index (χ3v) is 3.62. The van der Waals surface area contributed by atoms with Crippen molar-refractivity contribution in [2.24, 2.45) is 5.92 Å². The van der Waals surface area contributed by atoms with Gasteiger partial charge in [0.15, 0.2) is 11.5 Å². The Kier molecular flexibility index (Phi) is 3.15. The Morgan fingerprint density at radius 1 is 1.55 bits per heavy atom. The smallest absolute Gasteiger partial charge is 0.222 e. The molecule has 20 heavy (non-hydrogen) atoms. The summed E-state index contributed by atoms with van der Waals surface area (Å²) < 4.78 is 5.43. The average Bonchev–Trinajstić information content (AvgIpc) is 2.80. The molecule has 0 saturated carbocycles. The Hall–Kier alpha value is -2.35. The lowest BCUT2D eigenvalue weighted by atomic mass is 9.98. The number of nitriles is 1. The van der Waals surface area contributed by atoms with Crippen LogP contribution in [0.3, 0.4) is 0 Å². The minimum atomic E-state index is -0.0503. The first-order valence-electron chi connectivity index (χ1n) is 6.69. The number of aryl methyl sites for hydroxylation is 1. The zero-order chi connectivity index (χ0) is 14.1. The van der Waals surface area contributed by atoms with Crippen molar-refractivity contribution in [1.82, 2.24) is 9.88 Å². The number of carbonyl (C=O) groups is 1. The molecule has 1 unspecified atom stereocenters. The van der Waals surface area contributed by atoms with Gasteiger partial charge in [-0.25, -0.2) is 4.98 Å². The van der Waals surface area contributed by atoms with E-state index in [2.05, 4.69) is 11.1 Å². The minimum absolute atomic E-state index is 0.0503. The molecule has 0 spiro atoms. The molecule has 5 heteroatoms. The van der Waals surface area contributed by atoms with Gasteiger partial charge in [0.25, 0.3) is 0 Å². The van der Waals surface area contributed by atoms with Gasteiger partial charge in [-0.3, -0.25) is 4.79 Å². The summed E-state index contributed by atoms with van der Waals surface area (Å²) in [6, 6.07) is 8.01. The van der Waals surface area contributed by atoms with Gasteiger partial charge in [-0.05, 0) is 24.1 Å². The van der Waals surface area contributed by atoms with E-state index < -0.39 is 0 Å². The lowest BCUT2D eigenvalue weighted by Crippen LogP contribution is -2.38. The largest absolute Gasteiger partial charge is 0.441 e. The second kappa shape index (κ2) is 4.97. The first kappa shape index (κ1) is 12.7. The van der Waals surface area contributed by atoms with Crippen molar-refractivity contribution in [1.29, 1.82) is 5.26 Å². The summed E-state index contributed by atoms with van der Waals surface area (Å²) in [4.78, 5) is 18.0. The number of aromatic nitrogens is 1. The molecule has 2 heterocycles. The van der Waals surface area contributed by atoms with Crippen LogP contribution in [0.2, 0.25) is 0 Å². The van der Waals surface area contributed by atoms with Crippen molar-refractivity contribution in [3.63, 3.8) is 0 Å². The number of rotatable bonds is 2. The molecule has 0 aliphatic carbocycles. The Morgan fingerprint density at radius 2 is 2.40 bits per heavy atom. The standard InChI is InChI=1S/C15H15N3O2/c1-10-17-13-6-11(2-4-14(13)20-10)8-18-9-12(7-16)3-5-15(18)19/h2,4,6,12H,3,5,8-9H2,1H3. The molecule has 1 aliphatic heterocycles. The highest BCUT2D eigenvalue weighted by Gasteiger charge is 2.25. The molecular formula is C15H15N3O2. The van der Waals surface area contributed by atoms with Crippen LogP contribution < -0.4 is 0 Å². The first-order valence-corrected chi connectivity index (χ1v) is 6.69. The predicted octanol–water partition coefficient (Wildman–Crippen LogP) is 2.40. The Labute approximate surface area is 116 Å². The van der Waals surface area contributed by atoms with Gasteiger partial charge < -0.3 is 9.32 Å². The Morgan fingerprint density at radius 3 is 3.20 bits per heavy atom. The monoisotopic (exact) mass is 269 g/mol. The molecule has 3 rings (SSSR count). The van der Waals surface area contributed by atoms with Crippen LogP contribution in [0.5, 0.6) is 0 Å². The topological polar surface area (TPSA) is 70.1 Å². The molecule has 0 bridgehead atoms. The summed E-state index contributed by atoms with van der Waals surface area (Å²) >= 11 is 0. The number of hydrogen-bond donors (Lipinski definition) is 0. The number of amides is 1. The summed E-state index contributed by atoms with van der Waals surface area (Å²) in [6.07, 6.45) is 1.14. The van der Waals surface area contributed by atoms with Crippen molar-refractivity contribution in [2.75, 3.05) is 6.54 Å². The fraction of sp³-hybridized carbons (Fsp3) is 0.400. The van der Waals surface area contributed by atoms with Gasteiger partial charge in [0.2, 0.25) is 5.91 Å². The maximum atomic E-state index is 11.9. The molecule has 0 N–H and O–H groups in total. The van der Waals surface area contributed by atoms with Crippen molar-refractivity contribution in [2.45, 2.75) is 26.3 Å². The summed E-state index contributed by atoms with van der Waals surface area (Å²) in [5.74, 6) is 0.703. The van der Waals surface area contributed by atoms with E-state index in [1.165, 1.54) is 0 Å². The van der Waals surface area contributed by atoms with Crippen molar-refractivity contribution in [3.8, 4) is 6.07 Å². The van der Waals surface area contributed by atoms with E-state index in [0.717, 1.165) is 16.7 Å². The Bertz CT molecular complexity index is 699. The van der Waals surface area contributed by atoms with Gasteiger partial charge in [-0.1, -0.05) is 6.07 Å². The zero-order valence-electron chi connectivity index (χ0n) is 11.3. The molecule has 1 saturated heterocycles. The molecule has 1 amide bonds. The highest BCUT2D eigenvalue weighted by atomic mass is 16.3. The third kappa shape index (κ3) is 2.37. The van der Waals surface area contributed by atoms with Gasteiger partial charge in [-0.15, -0.1) is 0 Å². The SMILES string of the molecule is Cc1nc2cc(CN3CC(C#N)CCC3=O)ccc2o1. The van der Waals surface area contributed by atoms with E-state index in [-0.39, 0.29) is 11.8 Å². The molecule has 5 nitrogen and oxygen atoms in total. The molecule has 1 aromatic heterocycles. The van der Waals surface area contributed by atoms with Crippen LogP contribution in [0.15, 0.2) is 22.6 Å². The molecule has 1 atom stereocenters. The highest BCUT2D eigenvalue weighted by Crippen LogP contribution is 2.21. The number of hydrogen-bond acceptors (Lipinski definition) is 4. The number of carbonyl (C=O) groups excluding carboxylic acids is 1. The third-order valence-electron chi connectivity index (χ3n) is 3.62. The first-order chi connectivity index (χ1) is 9.65. The van der Waals surface area contributed by atoms with Crippen molar-refractivity contribution < 1.29 is 9.21 Å². The quantitative estimate of drug-likeness (QED) is 0.839. The lowest BCUT2D eigenvalue weighted by molar-refractivity contribution is -0.134. The van der Waals surface area contributed by atoms with E-state index in [9.17, 15) is 4.79 Å². The fourth-order valence-electron chi connectivity index (χ4n) is 2.58. The van der Waals surface area contributed by atoms with E-state index in [1.54, 1.807) is 4.90 Å². The second-order valence-electron chi connectivity index (χ2n) is 5.17. The molecule has 0 radical (unpaired) electrons. The van der Waals surface area contributed by atoms with Crippen LogP contribution in [0.1, 0.15) is 24.3 Å². The normalized spacial score (nSPS) is 19.3. The van der Waals surface area contributed by atoms with Crippen LogP contribution in [-0.4, -0.2) is 22.3 Å². The summed E-state index contributed by atoms with van der Waals surface area (Å²) in [6.45, 7) is 2.86. The molecule has 1 fully saturated rings. The van der Waals surface area contributed by atoms with E-state index >= 15 is 0 Å². The molecule has 2 aromatic rings. The Balaban J connectivity index is 1.81. The van der Waals surface area contributed by atoms with Gasteiger partial charge in [-0.2, -0.15) is 5.26 Å². The molecule has 1 aliphatic rings. The maximum Gasteiger partial charge on any atom is 0.222 e. The second-order valence-corrected chi connectivity index (χ2v) is 5.17. The number of likely N-dealkylation sites (tertiary alicyclic amines) is 1. The van der Waals surface area contributed by atoms with Gasteiger partial charge >= 0.3 is 0 Å². The van der Waals surface area contributed by atoms with Crippen LogP contribution in [-0.2, 0) is 11.3 Å². The molecular weight excluding hydrogens is 254 g/mol. The van der Waals surface area contributed by atoms with E-state index in [4.69, 9.17) is 9.68 Å². The minimum Gasteiger partial charge on any atom is -0.441 e. The lowest BCUT2D eigenvalue weighted by Gasteiger charge is -2.29. The number of oxazole rings is 1. The number of nitrogens with zero attached hydrogens (tertiary/aromatic N) is 3. The molecule has 102 valence electrons. The molecule has 1 aromatic carbocycles. The van der Waals surface area contributed by atoms with E-state index in [1.807, 2.05) is 25.1 Å². The number of fused-ring (bicyclic) bond motifs is 1. The van der Waals surface area contributed by atoms with E-state index in [0.29, 0.717) is 31.8 Å². The zero-order valence-corrected chi connectivity index (χ0v) is 11.3. The number of benzene rings is 1. The predicted molar refractivity (Wildman–Crippen MR) is 72.5 cm³/mol. The highest BCUT2D eigenvalue weighted by molar-refractivity contribution is 5.77. The van der Waals surface area contributed by atoms with Gasteiger partial charge in [0.05, 0.1) is 12.0 Å². The average molecular weight is 269 g/mol. The maximum absolute atomic E-state index is 11.9. The summed E-state index contributed by atoms with van der Waals surface area (Å²) in [5.41, 5.74) is 2.57. The van der Waals surface area contributed by atoms with Crippen LogP contribution >= 0.6 is 0 Å². The summed E-state index contributed by atoms with van der Waals surface area (Å²) in [5, 5.41) is 8.99. The van der Waals surface area contributed by atoms with Crippen LogP contribution in [0.4, 0.5) is 0 Å². The van der Waals surface area contributed by atoms with Crippen molar-refractivity contribution in [3.05, 3.63) is 29.7 Å². The van der Waals surface area contributed by atoms with Crippen molar-refractivity contribution >= 4 is 17.0 Å². The summed E-state index contributed by atoms with van der Waals surface area (Å²) in [7, 11) is 0.